The third-order valence-corrected chi connectivity index (χ3v) is 3.44. The summed E-state index contributed by atoms with van der Waals surface area (Å²) in [5, 5.41) is 3.27. The van der Waals surface area contributed by atoms with Gasteiger partial charge >= 0.3 is 0 Å². The molecule has 1 amide bonds. The second-order valence-corrected chi connectivity index (χ2v) is 4.75. The van der Waals surface area contributed by atoms with Crippen molar-refractivity contribution in [1.82, 2.24) is 4.98 Å². The number of anilines is 1. The highest BCUT2D eigenvalue weighted by Crippen LogP contribution is 2.25. The van der Waals surface area contributed by atoms with Gasteiger partial charge in [0.1, 0.15) is 5.82 Å². The summed E-state index contributed by atoms with van der Waals surface area (Å²) >= 11 is 0. The van der Waals surface area contributed by atoms with E-state index in [9.17, 15) is 4.79 Å². The van der Waals surface area contributed by atoms with Gasteiger partial charge in [-0.05, 0) is 37.3 Å². The normalized spacial score (nSPS) is 16.1. The Morgan fingerprint density at radius 1 is 1.53 bits per heavy atom. The van der Waals surface area contributed by atoms with Crippen LogP contribution in [0.3, 0.4) is 0 Å². The first-order valence-electron chi connectivity index (χ1n) is 6.17. The minimum atomic E-state index is -0.412. The second kappa shape index (κ2) is 5.17. The van der Waals surface area contributed by atoms with Crippen molar-refractivity contribution >= 4 is 11.7 Å². The maximum Gasteiger partial charge on any atom is 0.252 e. The van der Waals surface area contributed by atoms with Gasteiger partial charge in [-0.3, -0.25) is 4.79 Å². The summed E-state index contributed by atoms with van der Waals surface area (Å²) in [6.45, 7) is 2.76. The van der Waals surface area contributed by atoms with Gasteiger partial charge in [0.2, 0.25) is 0 Å². The van der Waals surface area contributed by atoms with Gasteiger partial charge in [-0.15, -0.1) is 0 Å². The summed E-state index contributed by atoms with van der Waals surface area (Å²) in [6.07, 6.45) is 6.88. The van der Waals surface area contributed by atoms with E-state index in [0.717, 1.165) is 12.1 Å². The summed E-state index contributed by atoms with van der Waals surface area (Å²) < 4.78 is 0. The first-order valence-corrected chi connectivity index (χ1v) is 6.17. The molecule has 0 aliphatic heterocycles. The van der Waals surface area contributed by atoms with Crippen molar-refractivity contribution in [2.75, 3.05) is 11.9 Å². The zero-order chi connectivity index (χ0) is 12.3. The van der Waals surface area contributed by atoms with Crippen LogP contribution in [0.4, 0.5) is 5.82 Å². The van der Waals surface area contributed by atoms with Crippen LogP contribution >= 0.6 is 0 Å². The van der Waals surface area contributed by atoms with Gasteiger partial charge in [-0.2, -0.15) is 0 Å². The van der Waals surface area contributed by atoms with Crippen LogP contribution in [-0.4, -0.2) is 17.4 Å². The summed E-state index contributed by atoms with van der Waals surface area (Å²) in [7, 11) is 0. The maximum atomic E-state index is 11.4. The lowest BCUT2D eigenvalue weighted by Crippen LogP contribution is -2.19. The molecule has 3 N–H and O–H groups in total. The van der Waals surface area contributed by atoms with E-state index in [1.807, 2.05) is 6.92 Å². The molecule has 1 saturated carbocycles. The van der Waals surface area contributed by atoms with E-state index in [4.69, 9.17) is 5.73 Å². The second-order valence-electron chi connectivity index (χ2n) is 4.75. The lowest BCUT2D eigenvalue weighted by atomic mass is 10.1. The van der Waals surface area contributed by atoms with Crippen LogP contribution in [0.5, 0.6) is 0 Å². The van der Waals surface area contributed by atoms with Crippen LogP contribution in [0.15, 0.2) is 12.3 Å². The van der Waals surface area contributed by atoms with Crippen molar-refractivity contribution in [1.29, 1.82) is 0 Å². The number of carbonyl (C=O) groups is 1. The number of primary amides is 1. The third-order valence-electron chi connectivity index (χ3n) is 3.44. The van der Waals surface area contributed by atoms with E-state index in [1.54, 1.807) is 12.3 Å². The Kier molecular flexibility index (Phi) is 3.61. The maximum absolute atomic E-state index is 11.4. The van der Waals surface area contributed by atoms with Gasteiger partial charge in [0.05, 0.1) is 5.56 Å². The molecule has 1 aliphatic carbocycles. The summed E-state index contributed by atoms with van der Waals surface area (Å²) in [6, 6.07) is 1.81. The molecule has 2 rings (SSSR count). The van der Waals surface area contributed by atoms with Crippen molar-refractivity contribution in [2.24, 2.45) is 11.7 Å². The average Bonchev–Trinajstić information content (AvgIpc) is 2.78. The van der Waals surface area contributed by atoms with Crippen LogP contribution in [-0.2, 0) is 0 Å². The fourth-order valence-corrected chi connectivity index (χ4v) is 2.46. The van der Waals surface area contributed by atoms with Gasteiger partial charge in [-0.25, -0.2) is 4.98 Å². The number of nitrogens with zero attached hydrogens (tertiary/aromatic N) is 1. The molecule has 0 atom stereocenters. The van der Waals surface area contributed by atoms with E-state index in [1.165, 1.54) is 25.7 Å². The summed E-state index contributed by atoms with van der Waals surface area (Å²) in [5.74, 6) is 0.923. The highest BCUT2D eigenvalue weighted by atomic mass is 16.1. The topological polar surface area (TPSA) is 68.0 Å². The monoisotopic (exact) mass is 233 g/mol. The quantitative estimate of drug-likeness (QED) is 0.836. The Morgan fingerprint density at radius 3 is 2.88 bits per heavy atom. The molecule has 0 radical (unpaired) electrons. The number of rotatable bonds is 4. The zero-order valence-corrected chi connectivity index (χ0v) is 10.2. The number of nitrogens with two attached hydrogens (primary N) is 1. The fourth-order valence-electron chi connectivity index (χ4n) is 2.46. The van der Waals surface area contributed by atoms with E-state index < -0.39 is 5.91 Å². The number of carbonyl (C=O) groups excluding carboxylic acids is 1. The molecule has 0 aromatic carbocycles. The molecule has 1 heterocycles. The molecule has 1 fully saturated rings. The zero-order valence-electron chi connectivity index (χ0n) is 10.2. The number of aryl methyl sites for hydroxylation is 1. The minimum Gasteiger partial charge on any atom is -0.369 e. The van der Waals surface area contributed by atoms with Crippen LogP contribution < -0.4 is 11.1 Å². The largest absolute Gasteiger partial charge is 0.369 e. The first kappa shape index (κ1) is 11.9. The van der Waals surface area contributed by atoms with Crippen molar-refractivity contribution in [2.45, 2.75) is 32.6 Å². The molecule has 1 aliphatic rings. The Hall–Kier alpha value is -1.58. The fraction of sp³-hybridized carbons (Fsp3) is 0.538. The standard InChI is InChI=1S/C13H19N3O/c1-9-6-7-15-13(11(9)12(14)17)16-8-10-4-2-3-5-10/h6-7,10H,2-5,8H2,1H3,(H2,14,17)(H,15,16). The van der Waals surface area contributed by atoms with Crippen molar-refractivity contribution in [3.63, 3.8) is 0 Å². The van der Waals surface area contributed by atoms with Gasteiger partial charge in [0, 0.05) is 12.7 Å². The molecular formula is C13H19N3O. The Bertz CT molecular complexity index is 411. The Balaban J connectivity index is 2.09. The minimum absolute atomic E-state index is 0.412. The van der Waals surface area contributed by atoms with Crippen LogP contribution in [0.1, 0.15) is 41.6 Å². The smallest absolute Gasteiger partial charge is 0.252 e. The van der Waals surface area contributed by atoms with Crippen LogP contribution in [0, 0.1) is 12.8 Å². The predicted molar refractivity (Wildman–Crippen MR) is 67.9 cm³/mol. The van der Waals surface area contributed by atoms with Gasteiger partial charge in [-0.1, -0.05) is 12.8 Å². The van der Waals surface area contributed by atoms with Gasteiger partial charge < -0.3 is 11.1 Å². The summed E-state index contributed by atoms with van der Waals surface area (Å²) in [4.78, 5) is 15.6. The molecule has 92 valence electrons. The number of hydrogen-bond donors (Lipinski definition) is 2. The molecule has 0 bridgehead atoms. The molecule has 0 unspecified atom stereocenters. The lowest BCUT2D eigenvalue weighted by Gasteiger charge is -2.14. The van der Waals surface area contributed by atoms with Crippen molar-refractivity contribution < 1.29 is 4.79 Å². The van der Waals surface area contributed by atoms with Crippen LogP contribution in [0.2, 0.25) is 0 Å². The third kappa shape index (κ3) is 2.75. The first-order chi connectivity index (χ1) is 8.18. The SMILES string of the molecule is Cc1ccnc(NCC2CCCC2)c1C(N)=O. The average molecular weight is 233 g/mol. The predicted octanol–water partition coefficient (Wildman–Crippen LogP) is 2.09. The van der Waals surface area contributed by atoms with Crippen molar-refractivity contribution in [3.05, 3.63) is 23.4 Å². The van der Waals surface area contributed by atoms with Gasteiger partial charge in [0.25, 0.3) is 5.91 Å². The number of pyridine rings is 1. The van der Waals surface area contributed by atoms with E-state index in [-0.39, 0.29) is 0 Å². The number of amides is 1. The summed E-state index contributed by atoms with van der Waals surface area (Å²) in [5.41, 5.74) is 6.78. The molecule has 0 saturated heterocycles. The number of aromatic nitrogens is 1. The molecule has 4 nitrogen and oxygen atoms in total. The molecular weight excluding hydrogens is 214 g/mol. The Labute approximate surface area is 102 Å². The lowest BCUT2D eigenvalue weighted by molar-refractivity contribution is 0.1000. The molecule has 1 aromatic heterocycles. The molecule has 17 heavy (non-hydrogen) atoms. The highest BCUT2D eigenvalue weighted by molar-refractivity contribution is 5.98. The molecule has 0 spiro atoms. The highest BCUT2D eigenvalue weighted by Gasteiger charge is 2.17. The van der Waals surface area contributed by atoms with Crippen LogP contribution in [0.25, 0.3) is 0 Å². The van der Waals surface area contributed by atoms with E-state index in [0.29, 0.717) is 17.3 Å². The van der Waals surface area contributed by atoms with E-state index in [2.05, 4.69) is 10.3 Å². The number of hydrogen-bond acceptors (Lipinski definition) is 3. The van der Waals surface area contributed by atoms with Crippen molar-refractivity contribution in [3.8, 4) is 0 Å². The molecule has 1 aromatic rings. The van der Waals surface area contributed by atoms with Gasteiger partial charge in [0.15, 0.2) is 0 Å². The van der Waals surface area contributed by atoms with E-state index >= 15 is 0 Å². The number of nitrogens with one attached hydrogen (secondary N) is 1. The Morgan fingerprint density at radius 2 is 2.24 bits per heavy atom. The molecule has 4 heteroatoms.